The van der Waals surface area contributed by atoms with Crippen LogP contribution in [0.2, 0.25) is 0 Å². The number of benzene rings is 1. The minimum atomic E-state index is -0.261. The molecule has 1 unspecified atom stereocenters. The molecule has 102 valence electrons. The number of nitrogens with zero attached hydrogens (tertiary/aromatic N) is 1. The van der Waals surface area contributed by atoms with Gasteiger partial charge in [0.25, 0.3) is 0 Å². The smallest absolute Gasteiger partial charge is 0.124 e. The quantitative estimate of drug-likeness (QED) is 0.884. The molecule has 2 rings (SSSR count). The van der Waals surface area contributed by atoms with E-state index in [1.165, 1.54) is 23.5 Å². The summed E-state index contributed by atoms with van der Waals surface area (Å²) in [6.07, 6.45) is 3.24. The first-order valence-electron chi connectivity index (χ1n) is 6.23. The molecule has 0 saturated heterocycles. The van der Waals surface area contributed by atoms with Crippen LogP contribution in [0.25, 0.3) is 0 Å². The van der Waals surface area contributed by atoms with Gasteiger partial charge in [-0.1, -0.05) is 6.92 Å². The molecule has 0 spiro atoms. The Balaban J connectivity index is 2.09. The molecule has 2 N–H and O–H groups in total. The molecule has 0 fully saturated rings. The zero-order chi connectivity index (χ0) is 13.7. The molecule has 5 heteroatoms. The largest absolute Gasteiger partial charge is 0.488 e. The van der Waals surface area contributed by atoms with Gasteiger partial charge in [0.05, 0.1) is 10.4 Å². The maximum Gasteiger partial charge on any atom is 0.124 e. The standard InChI is InChI=1S/C14H17FN2OS/c1-2-12(16)6-10-5-11(15)3-4-14(10)18-8-13-7-17-9-19-13/h3-5,7,9,12H,2,6,8,16H2,1H3. The van der Waals surface area contributed by atoms with E-state index in [2.05, 4.69) is 4.98 Å². The van der Waals surface area contributed by atoms with Crippen LogP contribution in [0.1, 0.15) is 23.8 Å². The fourth-order valence-electron chi connectivity index (χ4n) is 1.74. The highest BCUT2D eigenvalue weighted by Crippen LogP contribution is 2.23. The highest BCUT2D eigenvalue weighted by atomic mass is 32.1. The number of nitrogens with two attached hydrogens (primary N) is 1. The van der Waals surface area contributed by atoms with E-state index in [-0.39, 0.29) is 11.9 Å². The summed E-state index contributed by atoms with van der Waals surface area (Å²) < 4.78 is 19.0. The van der Waals surface area contributed by atoms with E-state index in [1.54, 1.807) is 17.8 Å². The van der Waals surface area contributed by atoms with Crippen molar-refractivity contribution in [3.8, 4) is 5.75 Å². The molecular formula is C14H17FN2OS. The number of rotatable bonds is 6. The highest BCUT2D eigenvalue weighted by Gasteiger charge is 2.10. The van der Waals surface area contributed by atoms with Gasteiger partial charge in [0.1, 0.15) is 18.2 Å². The van der Waals surface area contributed by atoms with Crippen molar-refractivity contribution in [1.82, 2.24) is 4.98 Å². The number of aromatic nitrogens is 1. The molecule has 0 aliphatic rings. The molecule has 1 heterocycles. The molecule has 3 nitrogen and oxygen atoms in total. The van der Waals surface area contributed by atoms with Gasteiger partial charge >= 0.3 is 0 Å². The average molecular weight is 280 g/mol. The van der Waals surface area contributed by atoms with E-state index in [1.807, 2.05) is 6.92 Å². The van der Waals surface area contributed by atoms with Crippen LogP contribution in [-0.4, -0.2) is 11.0 Å². The number of hydrogen-bond acceptors (Lipinski definition) is 4. The van der Waals surface area contributed by atoms with Gasteiger partial charge < -0.3 is 10.5 Å². The number of hydrogen-bond donors (Lipinski definition) is 1. The maximum absolute atomic E-state index is 13.3. The summed E-state index contributed by atoms with van der Waals surface area (Å²) in [6.45, 7) is 2.46. The van der Waals surface area contributed by atoms with Gasteiger partial charge in [-0.15, -0.1) is 11.3 Å². The summed E-state index contributed by atoms with van der Waals surface area (Å²) in [5, 5.41) is 0. The molecule has 1 atom stereocenters. The molecule has 0 aliphatic carbocycles. The Morgan fingerprint density at radius 2 is 2.32 bits per heavy atom. The second-order valence-corrected chi connectivity index (χ2v) is 5.35. The normalized spacial score (nSPS) is 12.4. The minimum Gasteiger partial charge on any atom is -0.488 e. The second kappa shape index (κ2) is 6.63. The lowest BCUT2D eigenvalue weighted by atomic mass is 10.0. The molecule has 0 amide bonds. The Morgan fingerprint density at radius 1 is 1.47 bits per heavy atom. The Hall–Kier alpha value is -1.46. The lowest BCUT2D eigenvalue weighted by Gasteiger charge is -2.14. The Morgan fingerprint density at radius 3 is 3.00 bits per heavy atom. The summed E-state index contributed by atoms with van der Waals surface area (Å²) in [5.41, 5.74) is 8.51. The molecule has 0 saturated carbocycles. The summed E-state index contributed by atoms with van der Waals surface area (Å²) in [4.78, 5) is 5.03. The van der Waals surface area contributed by atoms with E-state index in [9.17, 15) is 4.39 Å². The van der Waals surface area contributed by atoms with Crippen LogP contribution < -0.4 is 10.5 Å². The topological polar surface area (TPSA) is 48.1 Å². The molecule has 0 aliphatic heterocycles. The third-order valence-electron chi connectivity index (χ3n) is 2.88. The van der Waals surface area contributed by atoms with Gasteiger partial charge in [-0.3, -0.25) is 4.98 Å². The third-order valence-corrected chi connectivity index (χ3v) is 3.64. The first-order valence-corrected chi connectivity index (χ1v) is 7.11. The van der Waals surface area contributed by atoms with Crippen molar-refractivity contribution in [3.05, 3.63) is 46.2 Å². The Kier molecular flexibility index (Phi) is 4.87. The fraction of sp³-hybridized carbons (Fsp3) is 0.357. The van der Waals surface area contributed by atoms with Crippen LogP contribution >= 0.6 is 11.3 Å². The average Bonchev–Trinajstić information content (AvgIpc) is 2.91. The molecule has 1 aromatic heterocycles. The SMILES string of the molecule is CCC(N)Cc1cc(F)ccc1OCc1cncs1. The predicted molar refractivity (Wildman–Crippen MR) is 74.8 cm³/mol. The summed E-state index contributed by atoms with van der Waals surface area (Å²) in [5.74, 6) is 0.433. The van der Waals surface area contributed by atoms with Gasteiger partial charge in [0.15, 0.2) is 0 Å². The summed E-state index contributed by atoms with van der Waals surface area (Å²) in [7, 11) is 0. The molecule has 19 heavy (non-hydrogen) atoms. The van der Waals surface area contributed by atoms with Gasteiger partial charge in [-0.2, -0.15) is 0 Å². The van der Waals surface area contributed by atoms with Gasteiger partial charge in [0, 0.05) is 12.2 Å². The van der Waals surface area contributed by atoms with Crippen molar-refractivity contribution < 1.29 is 9.13 Å². The van der Waals surface area contributed by atoms with E-state index in [4.69, 9.17) is 10.5 Å². The Bertz CT molecular complexity index is 516. The molecule has 0 radical (unpaired) electrons. The predicted octanol–water partition coefficient (Wildman–Crippen LogP) is 3.14. The molecule has 2 aromatic rings. The van der Waals surface area contributed by atoms with Crippen LogP contribution in [0.3, 0.4) is 0 Å². The van der Waals surface area contributed by atoms with E-state index >= 15 is 0 Å². The summed E-state index contributed by atoms with van der Waals surface area (Å²) in [6, 6.07) is 4.58. The Labute approximate surface area is 116 Å². The lowest BCUT2D eigenvalue weighted by Crippen LogP contribution is -2.21. The second-order valence-electron chi connectivity index (χ2n) is 4.38. The maximum atomic E-state index is 13.3. The van der Waals surface area contributed by atoms with Crippen molar-refractivity contribution in [1.29, 1.82) is 0 Å². The van der Waals surface area contributed by atoms with Gasteiger partial charge in [0.2, 0.25) is 0 Å². The lowest BCUT2D eigenvalue weighted by molar-refractivity contribution is 0.305. The van der Waals surface area contributed by atoms with Crippen LogP contribution in [0.5, 0.6) is 5.75 Å². The van der Waals surface area contributed by atoms with Crippen LogP contribution in [0.4, 0.5) is 4.39 Å². The van der Waals surface area contributed by atoms with E-state index in [0.29, 0.717) is 18.8 Å². The van der Waals surface area contributed by atoms with E-state index in [0.717, 1.165) is 16.9 Å². The fourth-order valence-corrected chi connectivity index (χ4v) is 2.24. The first kappa shape index (κ1) is 14.0. The number of thiazole rings is 1. The highest BCUT2D eigenvalue weighted by molar-refractivity contribution is 7.09. The monoisotopic (exact) mass is 280 g/mol. The molecule has 0 bridgehead atoms. The summed E-state index contributed by atoms with van der Waals surface area (Å²) >= 11 is 1.53. The van der Waals surface area contributed by atoms with Crippen molar-refractivity contribution in [2.45, 2.75) is 32.4 Å². The first-order chi connectivity index (χ1) is 9.19. The van der Waals surface area contributed by atoms with Crippen molar-refractivity contribution >= 4 is 11.3 Å². The minimum absolute atomic E-state index is 0.0209. The van der Waals surface area contributed by atoms with Crippen molar-refractivity contribution in [3.63, 3.8) is 0 Å². The van der Waals surface area contributed by atoms with Crippen LogP contribution in [0, 0.1) is 5.82 Å². The number of ether oxygens (including phenoxy) is 1. The van der Waals surface area contributed by atoms with Crippen LogP contribution in [0.15, 0.2) is 29.9 Å². The molecular weight excluding hydrogens is 263 g/mol. The van der Waals surface area contributed by atoms with Crippen molar-refractivity contribution in [2.24, 2.45) is 5.73 Å². The van der Waals surface area contributed by atoms with Crippen molar-refractivity contribution in [2.75, 3.05) is 0 Å². The van der Waals surface area contributed by atoms with Crippen LogP contribution in [-0.2, 0) is 13.0 Å². The number of halogens is 1. The van der Waals surface area contributed by atoms with Gasteiger partial charge in [-0.05, 0) is 36.6 Å². The third kappa shape index (κ3) is 4.01. The van der Waals surface area contributed by atoms with Gasteiger partial charge in [-0.25, -0.2) is 4.39 Å². The molecule has 1 aromatic carbocycles. The zero-order valence-electron chi connectivity index (χ0n) is 10.8. The van der Waals surface area contributed by atoms with E-state index < -0.39 is 0 Å². The zero-order valence-corrected chi connectivity index (χ0v) is 11.6.